The summed E-state index contributed by atoms with van der Waals surface area (Å²) in [5.41, 5.74) is 11.8. The first-order valence-corrected chi connectivity index (χ1v) is 7.49. The molecule has 0 aromatic carbocycles. The molecule has 3 nitrogen and oxygen atoms in total. The second-order valence-electron chi connectivity index (χ2n) is 7.03. The second kappa shape index (κ2) is 8.89. The molecule has 0 saturated heterocycles. The van der Waals surface area contributed by atoms with Crippen LogP contribution in [0.4, 0.5) is 0 Å². The van der Waals surface area contributed by atoms with E-state index in [4.69, 9.17) is 11.5 Å². The fraction of sp³-hybridized carbons (Fsp3) is 1.00. The highest BCUT2D eigenvalue weighted by molar-refractivity contribution is 4.74. The monoisotopic (exact) mass is 257 g/mol. The van der Waals surface area contributed by atoms with Crippen LogP contribution in [0.25, 0.3) is 0 Å². The van der Waals surface area contributed by atoms with Crippen LogP contribution in [0.5, 0.6) is 0 Å². The summed E-state index contributed by atoms with van der Waals surface area (Å²) in [4.78, 5) is 0. The molecule has 3 heteroatoms. The average Bonchev–Trinajstić information content (AvgIpc) is 2.17. The van der Waals surface area contributed by atoms with Gasteiger partial charge in [-0.25, -0.2) is 0 Å². The van der Waals surface area contributed by atoms with Gasteiger partial charge in [-0.3, -0.25) is 0 Å². The van der Waals surface area contributed by atoms with Crippen molar-refractivity contribution in [1.82, 2.24) is 5.32 Å². The van der Waals surface area contributed by atoms with Crippen molar-refractivity contribution in [2.45, 2.75) is 83.7 Å². The molecular formula is C15H35N3. The molecule has 0 unspecified atom stereocenters. The van der Waals surface area contributed by atoms with E-state index >= 15 is 0 Å². The smallest absolute Gasteiger partial charge is 0.0223 e. The van der Waals surface area contributed by atoms with Crippen molar-refractivity contribution >= 4 is 0 Å². The van der Waals surface area contributed by atoms with E-state index in [9.17, 15) is 0 Å². The predicted molar refractivity (Wildman–Crippen MR) is 81.7 cm³/mol. The third kappa shape index (κ3) is 15.9. The summed E-state index contributed by atoms with van der Waals surface area (Å²) in [6.45, 7) is 10.3. The minimum atomic E-state index is -0.0883. The molecule has 0 amide bonds. The highest BCUT2D eigenvalue weighted by atomic mass is 14.9. The minimum Gasteiger partial charge on any atom is -0.326 e. The van der Waals surface area contributed by atoms with Gasteiger partial charge in [0.05, 0.1) is 0 Å². The Labute approximate surface area is 114 Å². The minimum absolute atomic E-state index is 0.0128. The summed E-state index contributed by atoms with van der Waals surface area (Å²) < 4.78 is 0. The van der Waals surface area contributed by atoms with Crippen molar-refractivity contribution in [3.05, 3.63) is 0 Å². The molecule has 0 spiro atoms. The maximum absolute atomic E-state index is 5.95. The zero-order valence-corrected chi connectivity index (χ0v) is 13.0. The SMILES string of the molecule is CC(C)(N)CCCCCCCCNCC(C)(C)N. The predicted octanol–water partition coefficient (Wildman–Crippen LogP) is 2.78. The van der Waals surface area contributed by atoms with E-state index in [1.54, 1.807) is 0 Å². The summed E-state index contributed by atoms with van der Waals surface area (Å²) in [7, 11) is 0. The molecule has 0 heterocycles. The highest BCUT2D eigenvalue weighted by Crippen LogP contribution is 2.12. The van der Waals surface area contributed by atoms with E-state index in [0.29, 0.717) is 0 Å². The van der Waals surface area contributed by atoms with Gasteiger partial charge in [0, 0.05) is 17.6 Å². The molecule has 0 aliphatic rings. The number of nitrogens with two attached hydrogens (primary N) is 2. The quantitative estimate of drug-likeness (QED) is 0.499. The molecular weight excluding hydrogens is 222 g/mol. The third-order valence-electron chi connectivity index (χ3n) is 3.01. The van der Waals surface area contributed by atoms with E-state index in [-0.39, 0.29) is 11.1 Å². The molecule has 0 atom stereocenters. The Bertz CT molecular complexity index is 167. The van der Waals surface area contributed by atoms with Crippen LogP contribution < -0.4 is 16.8 Å². The fourth-order valence-electron chi connectivity index (χ4n) is 1.95. The molecule has 0 rings (SSSR count). The summed E-state index contributed by atoms with van der Waals surface area (Å²) in [6.07, 6.45) is 9.01. The van der Waals surface area contributed by atoms with Crippen molar-refractivity contribution in [3.63, 3.8) is 0 Å². The van der Waals surface area contributed by atoms with E-state index in [2.05, 4.69) is 33.0 Å². The summed E-state index contributed by atoms with van der Waals surface area (Å²) in [5, 5.41) is 3.41. The van der Waals surface area contributed by atoms with Gasteiger partial charge < -0.3 is 16.8 Å². The van der Waals surface area contributed by atoms with Gasteiger partial charge in [-0.15, -0.1) is 0 Å². The molecule has 18 heavy (non-hydrogen) atoms. The second-order valence-corrected chi connectivity index (χ2v) is 7.03. The molecule has 0 aliphatic heterocycles. The molecule has 0 radical (unpaired) electrons. The number of unbranched alkanes of at least 4 members (excludes halogenated alkanes) is 5. The Balaban J connectivity index is 3.13. The Kier molecular flexibility index (Phi) is 8.83. The number of hydrogen-bond acceptors (Lipinski definition) is 3. The van der Waals surface area contributed by atoms with Crippen LogP contribution in [-0.4, -0.2) is 24.2 Å². The first-order chi connectivity index (χ1) is 8.21. The first-order valence-electron chi connectivity index (χ1n) is 7.49. The number of nitrogens with one attached hydrogen (secondary N) is 1. The largest absolute Gasteiger partial charge is 0.326 e. The van der Waals surface area contributed by atoms with Crippen LogP contribution in [0, 0.1) is 0 Å². The Morgan fingerprint density at radius 2 is 1.22 bits per heavy atom. The van der Waals surface area contributed by atoms with E-state index < -0.39 is 0 Å². The molecule has 110 valence electrons. The number of hydrogen-bond donors (Lipinski definition) is 3. The van der Waals surface area contributed by atoms with Crippen molar-refractivity contribution in [3.8, 4) is 0 Å². The summed E-state index contributed by atoms with van der Waals surface area (Å²) in [6, 6.07) is 0. The number of rotatable bonds is 11. The van der Waals surface area contributed by atoms with Crippen LogP contribution in [-0.2, 0) is 0 Å². The van der Waals surface area contributed by atoms with Gasteiger partial charge in [-0.2, -0.15) is 0 Å². The van der Waals surface area contributed by atoms with Gasteiger partial charge in [0.1, 0.15) is 0 Å². The van der Waals surface area contributed by atoms with Gasteiger partial charge in [0.25, 0.3) is 0 Å². The van der Waals surface area contributed by atoms with Gasteiger partial charge >= 0.3 is 0 Å². The van der Waals surface area contributed by atoms with E-state index in [0.717, 1.165) is 19.5 Å². The van der Waals surface area contributed by atoms with Crippen LogP contribution in [0.1, 0.15) is 72.6 Å². The maximum atomic E-state index is 5.95. The standard InChI is InChI=1S/C15H35N3/c1-14(2,16)11-9-7-5-6-8-10-12-18-13-15(3,4)17/h18H,5-13,16-17H2,1-4H3. The van der Waals surface area contributed by atoms with Gasteiger partial charge in [-0.05, 0) is 47.1 Å². The molecule has 0 aromatic heterocycles. The third-order valence-corrected chi connectivity index (χ3v) is 3.01. The average molecular weight is 257 g/mol. The van der Waals surface area contributed by atoms with Crippen molar-refractivity contribution in [2.75, 3.05) is 13.1 Å². The van der Waals surface area contributed by atoms with Crippen molar-refractivity contribution < 1.29 is 0 Å². The van der Waals surface area contributed by atoms with Crippen molar-refractivity contribution in [1.29, 1.82) is 0 Å². The molecule has 0 bridgehead atoms. The first kappa shape index (κ1) is 17.9. The maximum Gasteiger partial charge on any atom is 0.0223 e. The lowest BCUT2D eigenvalue weighted by molar-refractivity contribution is 0.437. The lowest BCUT2D eigenvalue weighted by Crippen LogP contribution is -2.43. The van der Waals surface area contributed by atoms with Gasteiger partial charge in [0.15, 0.2) is 0 Å². The lowest BCUT2D eigenvalue weighted by Gasteiger charge is -2.19. The molecule has 0 saturated carbocycles. The van der Waals surface area contributed by atoms with Crippen LogP contribution in [0.2, 0.25) is 0 Å². The van der Waals surface area contributed by atoms with Gasteiger partial charge in [0.2, 0.25) is 0 Å². The molecule has 0 aromatic rings. The van der Waals surface area contributed by atoms with Gasteiger partial charge in [-0.1, -0.05) is 32.1 Å². The highest BCUT2D eigenvalue weighted by Gasteiger charge is 2.09. The Morgan fingerprint density at radius 3 is 1.72 bits per heavy atom. The Hall–Kier alpha value is -0.120. The van der Waals surface area contributed by atoms with Crippen LogP contribution in [0.3, 0.4) is 0 Å². The zero-order valence-electron chi connectivity index (χ0n) is 13.0. The summed E-state index contributed by atoms with van der Waals surface area (Å²) >= 11 is 0. The fourth-order valence-corrected chi connectivity index (χ4v) is 1.95. The van der Waals surface area contributed by atoms with E-state index in [1.807, 2.05) is 0 Å². The topological polar surface area (TPSA) is 64.1 Å². The van der Waals surface area contributed by atoms with Crippen LogP contribution >= 0.6 is 0 Å². The zero-order chi connectivity index (χ0) is 14.1. The normalized spacial score (nSPS) is 13.0. The van der Waals surface area contributed by atoms with Crippen LogP contribution in [0.15, 0.2) is 0 Å². The lowest BCUT2D eigenvalue weighted by atomic mass is 9.97. The molecule has 0 fully saturated rings. The molecule has 0 aliphatic carbocycles. The van der Waals surface area contributed by atoms with Crippen molar-refractivity contribution in [2.24, 2.45) is 11.5 Å². The van der Waals surface area contributed by atoms with E-state index in [1.165, 1.54) is 38.5 Å². The molecule has 5 N–H and O–H groups in total. The Morgan fingerprint density at radius 1 is 0.722 bits per heavy atom. The summed E-state index contributed by atoms with van der Waals surface area (Å²) in [5.74, 6) is 0.